The summed E-state index contributed by atoms with van der Waals surface area (Å²) < 4.78 is 0. The summed E-state index contributed by atoms with van der Waals surface area (Å²) >= 11 is 0. The van der Waals surface area contributed by atoms with Gasteiger partial charge in [0.25, 0.3) is 0 Å². The van der Waals surface area contributed by atoms with Gasteiger partial charge in [0.2, 0.25) is 13.4 Å². The molecule has 2 amide bonds. The monoisotopic (exact) mass is 670 g/mol. The van der Waals surface area contributed by atoms with Crippen LogP contribution < -0.4 is 31.7 Å². The topological polar surface area (TPSA) is 23.6 Å². The Balaban J connectivity index is 1.43. The lowest BCUT2D eigenvalue weighted by Crippen LogP contribution is -2.59. The quantitative estimate of drug-likeness (QED) is 0.173. The van der Waals surface area contributed by atoms with Crippen molar-refractivity contribution in [3.05, 3.63) is 167 Å². The van der Waals surface area contributed by atoms with Crippen LogP contribution in [-0.2, 0) is 10.8 Å². The smallest absolute Gasteiger partial charge is 0.262 e. The summed E-state index contributed by atoms with van der Waals surface area (Å²) in [5, 5.41) is 2.52. The zero-order valence-corrected chi connectivity index (χ0v) is 30.7. The average molecular weight is 670 g/mol. The first-order valence-electron chi connectivity index (χ1n) is 18.6. The van der Waals surface area contributed by atoms with Crippen LogP contribution in [0.25, 0.3) is 22.2 Å². The molecule has 0 saturated heterocycles. The van der Waals surface area contributed by atoms with E-state index in [4.69, 9.17) is 0 Å². The second-order valence-electron chi connectivity index (χ2n) is 16.2. The van der Waals surface area contributed by atoms with E-state index >= 15 is 4.79 Å². The minimum Gasteiger partial charge on any atom is -0.262 e. The third kappa shape index (κ3) is 3.86. The van der Waals surface area contributed by atoms with Gasteiger partial charge in [0, 0.05) is 16.8 Å². The molecule has 3 heterocycles. The Morgan fingerprint density at radius 2 is 0.827 bits per heavy atom. The van der Waals surface area contributed by atoms with E-state index in [1.807, 2.05) is 0 Å². The first kappa shape index (κ1) is 31.2. The Labute approximate surface area is 307 Å². The Morgan fingerprint density at radius 3 is 1.19 bits per heavy atom. The predicted octanol–water partition coefficient (Wildman–Crippen LogP) is 8.34. The van der Waals surface area contributed by atoms with Crippen molar-refractivity contribution in [1.29, 1.82) is 0 Å². The molecule has 0 atom stereocenters. The number of amides is 2. The molecule has 0 fully saturated rings. The number of rotatable bonds is 4. The fourth-order valence-corrected chi connectivity index (χ4v) is 10.1. The molecule has 0 bridgehead atoms. The lowest BCUT2D eigenvalue weighted by atomic mass is 9.33. The largest absolute Gasteiger partial charge is 0.338 e. The molecular weight excluding hydrogens is 630 g/mol. The standard InChI is InChI=1S/C47H40B2N2O/c1-29-41(31-19-11-7-12-20-31)50-43-37(48(29)33-23-15-9-16-24-33)27-35-39-36(47(5,6)46(35,3)4)28-38-44(40(39)43)51(45(50)52)42(32-21-13-8-14-22-32)30(2)49(38)34-25-17-10-18-26-34/h7-28H,1-6H3. The van der Waals surface area contributed by atoms with E-state index in [1.165, 1.54) is 54.7 Å². The van der Waals surface area contributed by atoms with Crippen molar-refractivity contribution in [3.63, 3.8) is 0 Å². The van der Waals surface area contributed by atoms with Crippen LogP contribution >= 0.6 is 0 Å². The maximum atomic E-state index is 15.9. The molecule has 0 saturated carbocycles. The second-order valence-corrected chi connectivity index (χ2v) is 16.2. The number of anilines is 2. The van der Waals surface area contributed by atoms with E-state index < -0.39 is 0 Å². The first-order chi connectivity index (χ1) is 25.1. The van der Waals surface area contributed by atoms with Gasteiger partial charge in [0.05, 0.1) is 11.4 Å². The minimum absolute atomic E-state index is 0.0131. The molecule has 3 aliphatic heterocycles. The van der Waals surface area contributed by atoms with E-state index in [-0.39, 0.29) is 30.3 Å². The number of carbonyl (C=O) groups excluding carboxylic acids is 1. The van der Waals surface area contributed by atoms with E-state index in [0.29, 0.717) is 0 Å². The number of benzene rings is 6. The molecule has 5 heteroatoms. The maximum Gasteiger partial charge on any atom is 0.338 e. The zero-order chi connectivity index (χ0) is 35.7. The van der Waals surface area contributed by atoms with Crippen LogP contribution in [0.3, 0.4) is 0 Å². The van der Waals surface area contributed by atoms with E-state index in [2.05, 4.69) is 185 Å². The van der Waals surface area contributed by atoms with Crippen molar-refractivity contribution in [2.24, 2.45) is 0 Å². The molecule has 6 aromatic carbocycles. The van der Waals surface area contributed by atoms with Gasteiger partial charge in [-0.15, -0.1) is 0 Å². The van der Waals surface area contributed by atoms with Crippen LogP contribution in [0.4, 0.5) is 16.2 Å². The Hall–Kier alpha value is -5.54. The summed E-state index contributed by atoms with van der Waals surface area (Å²) in [4.78, 5) is 20.1. The van der Waals surface area contributed by atoms with Gasteiger partial charge in [-0.05, 0) is 63.2 Å². The molecule has 6 aromatic rings. The van der Waals surface area contributed by atoms with Crippen molar-refractivity contribution in [3.8, 4) is 0 Å². The van der Waals surface area contributed by atoms with Crippen molar-refractivity contribution in [1.82, 2.24) is 0 Å². The van der Waals surface area contributed by atoms with Crippen LogP contribution in [0.15, 0.2) is 144 Å². The fraction of sp³-hybridized carbons (Fsp3) is 0.170. The number of carbonyl (C=O) groups is 1. The molecule has 0 unspecified atom stereocenters. The highest BCUT2D eigenvalue weighted by Crippen LogP contribution is 2.59. The van der Waals surface area contributed by atoms with Gasteiger partial charge < -0.3 is 0 Å². The summed E-state index contributed by atoms with van der Waals surface area (Å²) in [6.45, 7) is 14.1. The molecule has 3 nitrogen and oxygen atoms in total. The Kier molecular flexibility index (Phi) is 6.45. The van der Waals surface area contributed by atoms with Gasteiger partial charge >= 0.3 is 6.03 Å². The van der Waals surface area contributed by atoms with Gasteiger partial charge in [0.15, 0.2) is 0 Å². The van der Waals surface area contributed by atoms with Gasteiger partial charge in [-0.1, -0.05) is 183 Å². The SMILES string of the molecule is CC1=C(c2ccccc2)N2C(=O)N3C(c4ccccc4)=C(C)B(c4ccccc4)c4cc5c6c(cc(c2c6c43)B1c1ccccc1)C(C)(C)C5(C)C. The fourth-order valence-electron chi connectivity index (χ4n) is 10.1. The summed E-state index contributed by atoms with van der Waals surface area (Å²) in [5.41, 5.74) is 15.9. The number of hydrogen-bond donors (Lipinski definition) is 0. The van der Waals surface area contributed by atoms with E-state index in [1.54, 1.807) is 0 Å². The van der Waals surface area contributed by atoms with Crippen molar-refractivity contribution >= 4 is 74.8 Å². The highest BCUT2D eigenvalue weighted by molar-refractivity contribution is 6.95. The van der Waals surface area contributed by atoms with E-state index in [0.717, 1.165) is 33.9 Å². The molecule has 0 spiro atoms. The Bertz CT molecular complexity index is 2380. The molecule has 52 heavy (non-hydrogen) atoms. The normalized spacial score (nSPS) is 17.8. The summed E-state index contributed by atoms with van der Waals surface area (Å²) in [6, 6.07) is 47.8. The average Bonchev–Trinajstić information content (AvgIpc) is 3.31. The van der Waals surface area contributed by atoms with Gasteiger partial charge in [-0.25, -0.2) is 4.79 Å². The molecule has 250 valence electrons. The lowest BCUT2D eigenvalue weighted by molar-refractivity contribution is 0.255. The third-order valence-electron chi connectivity index (χ3n) is 13.2. The summed E-state index contributed by atoms with van der Waals surface area (Å²) in [7, 11) is 0. The van der Waals surface area contributed by atoms with Gasteiger partial charge in [-0.2, -0.15) is 0 Å². The highest BCUT2D eigenvalue weighted by atomic mass is 16.2. The Morgan fingerprint density at radius 1 is 0.481 bits per heavy atom. The molecule has 1 aliphatic carbocycles. The molecule has 4 aliphatic rings. The number of hydrogen-bond acceptors (Lipinski definition) is 1. The number of nitrogens with zero attached hydrogens (tertiary/aromatic N) is 2. The van der Waals surface area contributed by atoms with Crippen molar-refractivity contribution in [2.45, 2.75) is 52.4 Å². The van der Waals surface area contributed by atoms with Crippen LogP contribution in [0, 0.1) is 0 Å². The molecule has 0 aromatic heterocycles. The first-order valence-corrected chi connectivity index (χ1v) is 18.6. The highest BCUT2D eigenvalue weighted by Gasteiger charge is 2.55. The van der Waals surface area contributed by atoms with Crippen molar-refractivity contribution in [2.75, 3.05) is 9.80 Å². The summed E-state index contributed by atoms with van der Waals surface area (Å²) in [6.07, 6.45) is 0. The lowest BCUT2D eigenvalue weighted by Gasteiger charge is -2.48. The third-order valence-corrected chi connectivity index (χ3v) is 13.2. The van der Waals surface area contributed by atoms with Crippen molar-refractivity contribution < 1.29 is 4.79 Å². The number of allylic oxidation sites excluding steroid dienone is 2. The second kappa shape index (κ2) is 10.7. The van der Waals surface area contributed by atoms with Crippen LogP contribution in [-0.4, -0.2) is 19.5 Å². The molecular formula is C47H40B2N2O. The van der Waals surface area contributed by atoms with Gasteiger partial charge in [-0.3, -0.25) is 9.80 Å². The maximum absolute atomic E-state index is 15.9. The van der Waals surface area contributed by atoms with Crippen LogP contribution in [0.1, 0.15) is 63.8 Å². The zero-order valence-electron chi connectivity index (χ0n) is 30.7. The molecule has 0 N–H and O–H groups in total. The predicted molar refractivity (Wildman–Crippen MR) is 221 cm³/mol. The minimum atomic E-state index is -0.156. The van der Waals surface area contributed by atoms with Crippen LogP contribution in [0.5, 0.6) is 0 Å². The summed E-state index contributed by atoms with van der Waals surface area (Å²) in [5.74, 6) is 0. The number of urea groups is 1. The van der Waals surface area contributed by atoms with E-state index in [9.17, 15) is 0 Å². The van der Waals surface area contributed by atoms with Crippen LogP contribution in [0.2, 0.25) is 0 Å². The molecule has 10 rings (SSSR count). The molecule has 0 radical (unpaired) electrons. The van der Waals surface area contributed by atoms with Gasteiger partial charge in [0.1, 0.15) is 0 Å².